The minimum atomic E-state index is -1.06. The fraction of sp³-hybridized carbons (Fsp3) is 0.769. The number of hydrogen-bond donors (Lipinski definition) is 4. The number of rotatable bonds is 8. The summed E-state index contributed by atoms with van der Waals surface area (Å²) in [4.78, 5) is 33.8. The van der Waals surface area contributed by atoms with E-state index in [9.17, 15) is 14.4 Å². The summed E-state index contributed by atoms with van der Waals surface area (Å²) >= 11 is 0. The van der Waals surface area contributed by atoms with Crippen LogP contribution in [-0.2, 0) is 9.59 Å². The molecule has 1 unspecified atom stereocenters. The Morgan fingerprint density at radius 1 is 1.25 bits per heavy atom. The number of carboxylic acid groups (broad SMARTS) is 1. The molecule has 1 aliphatic rings. The number of aliphatic carboxylic acids is 1. The van der Waals surface area contributed by atoms with Gasteiger partial charge in [0.1, 0.15) is 6.04 Å². The normalized spacial score (nSPS) is 15.6. The molecule has 0 bridgehead atoms. The van der Waals surface area contributed by atoms with Gasteiger partial charge in [-0.2, -0.15) is 0 Å². The lowest BCUT2D eigenvalue weighted by Gasteiger charge is -2.18. The fourth-order valence-corrected chi connectivity index (χ4v) is 1.68. The van der Waals surface area contributed by atoms with Crippen molar-refractivity contribution in [3.8, 4) is 0 Å². The first kappa shape index (κ1) is 16.3. The SMILES string of the molecule is CC(C)C(NC(=O)NCCCC(=O)NC1CC1)C(=O)O. The lowest BCUT2D eigenvalue weighted by Crippen LogP contribution is -2.48. The molecule has 1 rings (SSSR count). The number of urea groups is 1. The van der Waals surface area contributed by atoms with Crippen LogP contribution >= 0.6 is 0 Å². The maximum atomic E-state index is 11.5. The molecule has 7 heteroatoms. The van der Waals surface area contributed by atoms with Crippen molar-refractivity contribution in [1.29, 1.82) is 0 Å². The lowest BCUT2D eigenvalue weighted by atomic mass is 10.1. The van der Waals surface area contributed by atoms with Gasteiger partial charge in [0.05, 0.1) is 0 Å². The van der Waals surface area contributed by atoms with E-state index in [1.807, 2.05) is 0 Å². The van der Waals surface area contributed by atoms with E-state index in [1.165, 1.54) is 0 Å². The smallest absolute Gasteiger partial charge is 0.326 e. The van der Waals surface area contributed by atoms with Crippen molar-refractivity contribution in [2.24, 2.45) is 5.92 Å². The van der Waals surface area contributed by atoms with E-state index >= 15 is 0 Å². The largest absolute Gasteiger partial charge is 0.480 e. The van der Waals surface area contributed by atoms with E-state index in [0.29, 0.717) is 25.4 Å². The molecular weight excluding hydrogens is 262 g/mol. The minimum Gasteiger partial charge on any atom is -0.480 e. The number of hydrogen-bond acceptors (Lipinski definition) is 3. The molecule has 0 radical (unpaired) electrons. The monoisotopic (exact) mass is 285 g/mol. The second-order valence-corrected chi connectivity index (χ2v) is 5.41. The summed E-state index contributed by atoms with van der Waals surface area (Å²) in [5, 5.41) is 16.7. The zero-order valence-electron chi connectivity index (χ0n) is 11.9. The molecule has 1 aliphatic carbocycles. The predicted octanol–water partition coefficient (Wildman–Crippen LogP) is 0.454. The van der Waals surface area contributed by atoms with Crippen LogP contribution in [0, 0.1) is 5.92 Å². The molecule has 114 valence electrons. The summed E-state index contributed by atoms with van der Waals surface area (Å²) in [6.07, 6.45) is 3.01. The maximum absolute atomic E-state index is 11.5. The molecule has 0 aromatic heterocycles. The van der Waals surface area contributed by atoms with Crippen LogP contribution in [-0.4, -0.2) is 41.6 Å². The maximum Gasteiger partial charge on any atom is 0.326 e. The molecule has 0 aliphatic heterocycles. The average Bonchev–Trinajstić information content (AvgIpc) is 3.14. The van der Waals surface area contributed by atoms with Crippen molar-refractivity contribution in [2.75, 3.05) is 6.54 Å². The second kappa shape index (κ2) is 7.72. The molecule has 3 amide bonds. The molecule has 4 N–H and O–H groups in total. The van der Waals surface area contributed by atoms with Crippen molar-refractivity contribution >= 4 is 17.9 Å². The topological polar surface area (TPSA) is 108 Å². The van der Waals surface area contributed by atoms with Crippen molar-refractivity contribution < 1.29 is 19.5 Å². The number of amides is 3. The molecule has 0 saturated heterocycles. The van der Waals surface area contributed by atoms with Gasteiger partial charge in [-0.05, 0) is 25.2 Å². The Morgan fingerprint density at radius 2 is 1.90 bits per heavy atom. The summed E-state index contributed by atoms with van der Waals surface area (Å²) in [6.45, 7) is 3.79. The van der Waals surface area contributed by atoms with Crippen molar-refractivity contribution in [2.45, 2.75) is 51.6 Å². The van der Waals surface area contributed by atoms with Gasteiger partial charge in [0.2, 0.25) is 5.91 Å². The quantitative estimate of drug-likeness (QED) is 0.486. The Kier molecular flexibility index (Phi) is 6.27. The zero-order chi connectivity index (χ0) is 15.1. The van der Waals surface area contributed by atoms with E-state index < -0.39 is 18.0 Å². The summed E-state index contributed by atoms with van der Waals surface area (Å²) in [6, 6.07) is -1.08. The van der Waals surface area contributed by atoms with E-state index in [2.05, 4.69) is 16.0 Å². The summed E-state index contributed by atoms with van der Waals surface area (Å²) in [7, 11) is 0. The number of carbonyl (C=O) groups excluding carboxylic acids is 2. The number of carboxylic acids is 1. The van der Waals surface area contributed by atoms with Crippen molar-refractivity contribution in [3.05, 3.63) is 0 Å². The van der Waals surface area contributed by atoms with Crippen LogP contribution in [0.25, 0.3) is 0 Å². The van der Waals surface area contributed by atoms with Crippen LogP contribution in [0.1, 0.15) is 39.5 Å². The average molecular weight is 285 g/mol. The fourth-order valence-electron chi connectivity index (χ4n) is 1.68. The van der Waals surface area contributed by atoms with Crippen LogP contribution in [0.2, 0.25) is 0 Å². The van der Waals surface area contributed by atoms with Crippen LogP contribution < -0.4 is 16.0 Å². The van der Waals surface area contributed by atoms with E-state index in [-0.39, 0.29) is 11.8 Å². The summed E-state index contributed by atoms with van der Waals surface area (Å²) in [5.74, 6) is -1.25. The second-order valence-electron chi connectivity index (χ2n) is 5.41. The highest BCUT2D eigenvalue weighted by Gasteiger charge is 2.24. The van der Waals surface area contributed by atoms with Crippen molar-refractivity contribution in [3.63, 3.8) is 0 Å². The number of carbonyl (C=O) groups is 3. The molecular formula is C13H23N3O4. The van der Waals surface area contributed by atoms with Gasteiger partial charge in [-0.15, -0.1) is 0 Å². The van der Waals surface area contributed by atoms with E-state index in [1.54, 1.807) is 13.8 Å². The molecule has 0 aromatic carbocycles. The van der Waals surface area contributed by atoms with Crippen molar-refractivity contribution in [1.82, 2.24) is 16.0 Å². The van der Waals surface area contributed by atoms with Crippen LogP contribution in [0.15, 0.2) is 0 Å². The summed E-state index contributed by atoms with van der Waals surface area (Å²) < 4.78 is 0. The first-order valence-corrected chi connectivity index (χ1v) is 6.96. The zero-order valence-corrected chi connectivity index (χ0v) is 11.9. The Hall–Kier alpha value is -1.79. The first-order valence-electron chi connectivity index (χ1n) is 6.96. The van der Waals surface area contributed by atoms with Crippen LogP contribution in [0.3, 0.4) is 0 Å². The van der Waals surface area contributed by atoms with Crippen LogP contribution in [0.5, 0.6) is 0 Å². The molecule has 1 saturated carbocycles. The third-order valence-electron chi connectivity index (χ3n) is 3.03. The minimum absolute atomic E-state index is 0.000279. The summed E-state index contributed by atoms with van der Waals surface area (Å²) in [5.41, 5.74) is 0. The third-order valence-corrected chi connectivity index (χ3v) is 3.03. The van der Waals surface area contributed by atoms with Gasteiger partial charge in [0, 0.05) is 19.0 Å². The predicted molar refractivity (Wildman–Crippen MR) is 73.2 cm³/mol. The number of nitrogens with one attached hydrogen (secondary N) is 3. The Morgan fingerprint density at radius 3 is 2.40 bits per heavy atom. The van der Waals surface area contributed by atoms with Gasteiger partial charge in [-0.1, -0.05) is 13.8 Å². The van der Waals surface area contributed by atoms with Gasteiger partial charge in [-0.3, -0.25) is 4.79 Å². The lowest BCUT2D eigenvalue weighted by molar-refractivity contribution is -0.140. The highest BCUT2D eigenvalue weighted by Crippen LogP contribution is 2.18. The molecule has 20 heavy (non-hydrogen) atoms. The molecule has 1 fully saturated rings. The third kappa shape index (κ3) is 6.40. The first-order chi connectivity index (χ1) is 9.40. The standard InChI is InChI=1S/C13H23N3O4/c1-8(2)11(12(18)19)16-13(20)14-7-3-4-10(17)15-9-5-6-9/h8-9,11H,3-7H2,1-2H3,(H,15,17)(H,18,19)(H2,14,16,20). The highest BCUT2D eigenvalue weighted by molar-refractivity contribution is 5.82. The Labute approximate surface area is 118 Å². The molecule has 7 nitrogen and oxygen atoms in total. The van der Waals surface area contributed by atoms with E-state index in [4.69, 9.17) is 5.11 Å². The Balaban J connectivity index is 2.12. The van der Waals surface area contributed by atoms with Gasteiger partial charge in [0.15, 0.2) is 0 Å². The van der Waals surface area contributed by atoms with E-state index in [0.717, 1.165) is 12.8 Å². The molecule has 0 aromatic rings. The van der Waals surface area contributed by atoms with Crippen LogP contribution in [0.4, 0.5) is 4.79 Å². The van der Waals surface area contributed by atoms with Gasteiger partial charge < -0.3 is 21.1 Å². The van der Waals surface area contributed by atoms with Gasteiger partial charge in [-0.25, -0.2) is 9.59 Å². The van der Waals surface area contributed by atoms with Gasteiger partial charge >= 0.3 is 12.0 Å². The van der Waals surface area contributed by atoms with Gasteiger partial charge in [0.25, 0.3) is 0 Å². The molecule has 0 heterocycles. The highest BCUT2D eigenvalue weighted by atomic mass is 16.4. The molecule has 0 spiro atoms. The Bertz CT molecular complexity index is 367. The molecule has 1 atom stereocenters.